The zero-order valence-electron chi connectivity index (χ0n) is 10.4. The predicted molar refractivity (Wildman–Crippen MR) is 61.8 cm³/mol. The molecule has 0 spiro atoms. The zero-order chi connectivity index (χ0) is 13.3. The van der Waals surface area contributed by atoms with Crippen LogP contribution in [0.15, 0.2) is 16.5 Å². The Kier molecular flexibility index (Phi) is 3.14. The van der Waals surface area contributed by atoms with Gasteiger partial charge >= 0.3 is 5.97 Å². The van der Waals surface area contributed by atoms with Gasteiger partial charge in [0.05, 0.1) is 12.0 Å². The molecule has 2 unspecified atom stereocenters. The third-order valence-electron chi connectivity index (χ3n) is 2.95. The van der Waals surface area contributed by atoms with Crippen molar-refractivity contribution in [2.24, 2.45) is 5.92 Å². The van der Waals surface area contributed by atoms with Crippen LogP contribution in [0.5, 0.6) is 0 Å². The molecule has 0 saturated heterocycles. The Morgan fingerprint density at radius 1 is 1.44 bits per heavy atom. The molecule has 0 aromatic carbocycles. The van der Waals surface area contributed by atoms with Crippen LogP contribution in [0.4, 0.5) is 0 Å². The number of aromatic nitrogens is 4. The van der Waals surface area contributed by atoms with Crippen molar-refractivity contribution < 1.29 is 14.3 Å². The van der Waals surface area contributed by atoms with E-state index in [4.69, 9.17) is 9.52 Å². The topological polar surface area (TPSA) is 94.0 Å². The lowest BCUT2D eigenvalue weighted by Crippen LogP contribution is -2.23. The van der Waals surface area contributed by atoms with Gasteiger partial charge < -0.3 is 9.52 Å². The zero-order valence-corrected chi connectivity index (χ0v) is 10.4. The number of aliphatic carboxylic acids is 1. The molecule has 7 nitrogen and oxygen atoms in total. The minimum absolute atomic E-state index is 0.363. The summed E-state index contributed by atoms with van der Waals surface area (Å²) in [6.07, 6.45) is 0. The summed E-state index contributed by atoms with van der Waals surface area (Å²) in [5.41, 5.74) is 0. The number of carboxylic acids is 1. The Bertz CT molecular complexity index is 560. The molecule has 18 heavy (non-hydrogen) atoms. The van der Waals surface area contributed by atoms with E-state index < -0.39 is 11.9 Å². The van der Waals surface area contributed by atoms with Crippen LogP contribution in [-0.2, 0) is 4.79 Å². The first-order chi connectivity index (χ1) is 8.50. The first kappa shape index (κ1) is 12.3. The average Bonchev–Trinajstić information content (AvgIpc) is 2.94. The maximum absolute atomic E-state index is 11.0. The Hall–Kier alpha value is -2.18. The van der Waals surface area contributed by atoms with E-state index >= 15 is 0 Å². The van der Waals surface area contributed by atoms with Crippen molar-refractivity contribution in [3.05, 3.63) is 17.9 Å². The van der Waals surface area contributed by atoms with Crippen LogP contribution in [0.25, 0.3) is 11.6 Å². The summed E-state index contributed by atoms with van der Waals surface area (Å²) < 4.78 is 6.92. The van der Waals surface area contributed by atoms with Crippen LogP contribution in [0, 0.1) is 12.8 Å². The Morgan fingerprint density at radius 2 is 2.17 bits per heavy atom. The van der Waals surface area contributed by atoms with Gasteiger partial charge in [-0.25, -0.2) is 4.68 Å². The average molecular weight is 250 g/mol. The molecule has 0 aliphatic heterocycles. The summed E-state index contributed by atoms with van der Waals surface area (Å²) in [5, 5.41) is 20.3. The summed E-state index contributed by atoms with van der Waals surface area (Å²) in [6.45, 7) is 5.20. The lowest BCUT2D eigenvalue weighted by molar-refractivity contribution is -0.142. The van der Waals surface area contributed by atoms with Crippen LogP contribution < -0.4 is 0 Å². The molecule has 2 rings (SSSR count). The quantitative estimate of drug-likeness (QED) is 0.884. The van der Waals surface area contributed by atoms with Gasteiger partial charge in [0, 0.05) is 0 Å². The highest BCUT2D eigenvalue weighted by molar-refractivity contribution is 5.70. The maximum atomic E-state index is 11.0. The van der Waals surface area contributed by atoms with Gasteiger partial charge in [0.1, 0.15) is 5.76 Å². The van der Waals surface area contributed by atoms with Gasteiger partial charge in [0.2, 0.25) is 5.82 Å². The van der Waals surface area contributed by atoms with E-state index in [1.54, 1.807) is 26.0 Å². The predicted octanol–water partition coefficient (Wildman–Crippen LogP) is 1.52. The largest absolute Gasteiger partial charge is 0.481 e. The van der Waals surface area contributed by atoms with E-state index in [1.165, 1.54) is 4.68 Å². The number of hydrogen-bond donors (Lipinski definition) is 1. The maximum Gasteiger partial charge on any atom is 0.308 e. The number of rotatable bonds is 4. The van der Waals surface area contributed by atoms with Crippen LogP contribution in [0.2, 0.25) is 0 Å². The molecule has 0 saturated carbocycles. The van der Waals surface area contributed by atoms with Crippen molar-refractivity contribution in [1.82, 2.24) is 20.2 Å². The van der Waals surface area contributed by atoms with E-state index in [1.807, 2.05) is 6.92 Å². The Labute approximate surface area is 103 Å². The molecular weight excluding hydrogens is 236 g/mol. The van der Waals surface area contributed by atoms with Gasteiger partial charge in [-0.2, -0.15) is 0 Å². The van der Waals surface area contributed by atoms with E-state index in [0.29, 0.717) is 11.6 Å². The van der Waals surface area contributed by atoms with Crippen molar-refractivity contribution in [3.63, 3.8) is 0 Å². The number of nitrogens with zero attached hydrogens (tertiary/aromatic N) is 4. The van der Waals surface area contributed by atoms with Crippen molar-refractivity contribution >= 4 is 5.97 Å². The summed E-state index contributed by atoms with van der Waals surface area (Å²) >= 11 is 0. The molecule has 2 aromatic rings. The standard InChI is InChI=1S/C11H14N4O3/c1-6-4-5-9(18-6)10-12-13-14-15(10)8(3)7(2)11(16)17/h4-5,7-8H,1-3H3,(H,16,17). The molecule has 2 aromatic heterocycles. The normalized spacial score (nSPS) is 14.4. The molecule has 2 heterocycles. The lowest BCUT2D eigenvalue weighted by atomic mass is 10.0. The fraction of sp³-hybridized carbons (Fsp3) is 0.455. The van der Waals surface area contributed by atoms with Gasteiger partial charge in [0.15, 0.2) is 5.76 Å². The first-order valence-corrected chi connectivity index (χ1v) is 5.58. The van der Waals surface area contributed by atoms with Crippen molar-refractivity contribution in [2.45, 2.75) is 26.8 Å². The third kappa shape index (κ3) is 2.11. The molecule has 0 fully saturated rings. The summed E-state index contributed by atoms with van der Waals surface area (Å²) in [6, 6.07) is 3.20. The number of hydrogen-bond acceptors (Lipinski definition) is 5. The Balaban J connectivity index is 2.36. The summed E-state index contributed by atoms with van der Waals surface area (Å²) in [5.74, 6) is 0.229. The second-order valence-corrected chi connectivity index (χ2v) is 4.22. The summed E-state index contributed by atoms with van der Waals surface area (Å²) in [4.78, 5) is 11.0. The van der Waals surface area contributed by atoms with Gasteiger partial charge in [-0.1, -0.05) is 0 Å². The fourth-order valence-electron chi connectivity index (χ4n) is 1.60. The lowest BCUT2D eigenvalue weighted by Gasteiger charge is -2.16. The first-order valence-electron chi connectivity index (χ1n) is 5.58. The fourth-order valence-corrected chi connectivity index (χ4v) is 1.60. The van der Waals surface area contributed by atoms with E-state index in [2.05, 4.69) is 15.5 Å². The van der Waals surface area contributed by atoms with Crippen molar-refractivity contribution in [1.29, 1.82) is 0 Å². The second kappa shape index (κ2) is 4.59. The Morgan fingerprint density at radius 3 is 2.72 bits per heavy atom. The van der Waals surface area contributed by atoms with E-state index in [-0.39, 0.29) is 6.04 Å². The molecular formula is C11H14N4O3. The highest BCUT2D eigenvalue weighted by atomic mass is 16.4. The van der Waals surface area contributed by atoms with E-state index in [9.17, 15) is 4.79 Å². The van der Waals surface area contributed by atoms with Gasteiger partial charge in [-0.05, 0) is 43.3 Å². The van der Waals surface area contributed by atoms with Crippen molar-refractivity contribution in [3.8, 4) is 11.6 Å². The molecule has 0 aliphatic rings. The number of tetrazole rings is 1. The number of aryl methyl sites for hydroxylation is 1. The summed E-state index contributed by atoms with van der Waals surface area (Å²) in [7, 11) is 0. The monoisotopic (exact) mass is 250 g/mol. The highest BCUT2D eigenvalue weighted by Crippen LogP contribution is 2.24. The molecule has 0 bridgehead atoms. The van der Waals surface area contributed by atoms with Crippen LogP contribution in [0.1, 0.15) is 25.6 Å². The van der Waals surface area contributed by atoms with Gasteiger partial charge in [-0.3, -0.25) is 4.79 Å². The third-order valence-corrected chi connectivity index (χ3v) is 2.95. The SMILES string of the molecule is Cc1ccc(-c2nnnn2C(C)C(C)C(=O)O)o1. The van der Waals surface area contributed by atoms with Crippen LogP contribution in [0.3, 0.4) is 0 Å². The molecule has 0 amide bonds. The molecule has 0 aliphatic carbocycles. The molecule has 2 atom stereocenters. The number of furan rings is 1. The van der Waals surface area contributed by atoms with Crippen LogP contribution in [-0.4, -0.2) is 31.3 Å². The molecule has 0 radical (unpaired) electrons. The number of carboxylic acid groups (broad SMARTS) is 1. The minimum atomic E-state index is -0.889. The van der Waals surface area contributed by atoms with Gasteiger partial charge in [0.25, 0.3) is 0 Å². The van der Waals surface area contributed by atoms with Gasteiger partial charge in [-0.15, -0.1) is 5.10 Å². The molecule has 96 valence electrons. The smallest absolute Gasteiger partial charge is 0.308 e. The minimum Gasteiger partial charge on any atom is -0.481 e. The number of carbonyl (C=O) groups is 1. The second-order valence-electron chi connectivity index (χ2n) is 4.22. The van der Waals surface area contributed by atoms with Crippen molar-refractivity contribution in [2.75, 3.05) is 0 Å². The van der Waals surface area contributed by atoms with Crippen LogP contribution >= 0.6 is 0 Å². The highest BCUT2D eigenvalue weighted by Gasteiger charge is 2.25. The molecule has 1 N–H and O–H groups in total. The van der Waals surface area contributed by atoms with E-state index in [0.717, 1.165) is 5.76 Å². The molecule has 7 heteroatoms.